The summed E-state index contributed by atoms with van der Waals surface area (Å²) in [6.07, 6.45) is 1.83. The molecule has 0 atom stereocenters. The van der Waals surface area contributed by atoms with Crippen molar-refractivity contribution in [3.05, 3.63) is 95.7 Å². The largest absolute Gasteiger partial charge is 0.487 e. The minimum Gasteiger partial charge on any atom is -0.487 e. The van der Waals surface area contributed by atoms with Crippen LogP contribution in [0.15, 0.2) is 73.4 Å². The van der Waals surface area contributed by atoms with Gasteiger partial charge in [0.25, 0.3) is 5.91 Å². The molecule has 0 unspecified atom stereocenters. The number of hydrogen-bond acceptors (Lipinski definition) is 4. The lowest BCUT2D eigenvalue weighted by Gasteiger charge is -2.12. The van der Waals surface area contributed by atoms with E-state index in [0.29, 0.717) is 27.5 Å². The number of benzene rings is 3. The van der Waals surface area contributed by atoms with Crippen molar-refractivity contribution in [2.75, 3.05) is 0 Å². The zero-order chi connectivity index (χ0) is 23.5. The number of nitrogens with one attached hydrogen (secondary N) is 1. The van der Waals surface area contributed by atoms with Gasteiger partial charge in [0, 0.05) is 5.02 Å². The summed E-state index contributed by atoms with van der Waals surface area (Å²) in [4.78, 5) is 17.6. The zero-order valence-electron chi connectivity index (χ0n) is 17.8. The van der Waals surface area contributed by atoms with Crippen molar-refractivity contribution in [3.63, 3.8) is 0 Å². The second-order valence-electron chi connectivity index (χ2n) is 7.45. The van der Waals surface area contributed by atoms with E-state index in [4.69, 9.17) is 16.3 Å². The maximum atomic E-state index is 12.5. The predicted octanol–water partition coefficient (Wildman–Crippen LogP) is 7.95. The Morgan fingerprint density at radius 1 is 1.09 bits per heavy atom. The molecule has 3 aromatic rings. The zero-order valence-corrected chi connectivity index (χ0v) is 22.5. The molecule has 4 nitrogen and oxygen atoms in total. The van der Waals surface area contributed by atoms with Crippen molar-refractivity contribution < 1.29 is 9.53 Å². The average Bonchev–Trinajstić information content (AvgIpc) is 3.10. The van der Waals surface area contributed by atoms with E-state index in [1.54, 1.807) is 0 Å². The first-order chi connectivity index (χ1) is 15.8. The Morgan fingerprint density at radius 3 is 2.48 bits per heavy atom. The molecular formula is C25H19Br2ClN2O2S. The van der Waals surface area contributed by atoms with E-state index in [-0.39, 0.29) is 5.91 Å². The van der Waals surface area contributed by atoms with Crippen molar-refractivity contribution in [1.82, 2.24) is 5.32 Å². The van der Waals surface area contributed by atoms with Gasteiger partial charge in [0.15, 0.2) is 5.17 Å². The van der Waals surface area contributed by atoms with Gasteiger partial charge in [-0.3, -0.25) is 4.79 Å². The topological polar surface area (TPSA) is 50.7 Å². The first-order valence-corrected chi connectivity index (χ1v) is 12.8. The molecular weight excluding hydrogens is 588 g/mol. The molecule has 0 aromatic heterocycles. The van der Waals surface area contributed by atoms with Crippen LogP contribution in [0.1, 0.15) is 22.3 Å². The van der Waals surface area contributed by atoms with Crippen molar-refractivity contribution in [2.24, 2.45) is 4.99 Å². The fourth-order valence-electron chi connectivity index (χ4n) is 3.10. The van der Waals surface area contributed by atoms with Gasteiger partial charge in [-0.25, -0.2) is 4.99 Å². The molecule has 33 heavy (non-hydrogen) atoms. The summed E-state index contributed by atoms with van der Waals surface area (Å²) in [5.74, 6) is 0.519. The summed E-state index contributed by atoms with van der Waals surface area (Å²) in [5.41, 5.74) is 4.75. The Balaban J connectivity index is 1.51. The van der Waals surface area contributed by atoms with Crippen LogP contribution in [0.5, 0.6) is 5.75 Å². The number of aryl methyl sites for hydroxylation is 1. The smallest absolute Gasteiger partial charge is 0.264 e. The minimum atomic E-state index is -0.189. The lowest BCUT2D eigenvalue weighted by atomic mass is 10.1. The standard InChI is InChI=1S/C25H19Br2ClN2O2S/c1-14-6-8-16(9-7-14)13-32-23-18(26)10-17(11-19(23)27)12-22-24(31)30-25(33-22)29-21-5-3-4-20(28)15(21)2/h3-12H,13H2,1-2H3,(H,29,30,31)/b22-12+. The monoisotopic (exact) mass is 604 g/mol. The number of nitrogens with zero attached hydrogens (tertiary/aromatic N) is 1. The van der Waals surface area contributed by atoms with E-state index in [1.165, 1.54) is 17.3 Å². The summed E-state index contributed by atoms with van der Waals surface area (Å²) in [5, 5.41) is 3.98. The van der Waals surface area contributed by atoms with Gasteiger partial charge in [-0.05, 0) is 105 Å². The van der Waals surface area contributed by atoms with E-state index in [2.05, 4.69) is 73.4 Å². The summed E-state index contributed by atoms with van der Waals surface area (Å²) >= 11 is 14.7. The van der Waals surface area contributed by atoms with Crippen molar-refractivity contribution in [2.45, 2.75) is 20.5 Å². The molecule has 1 fully saturated rings. The van der Waals surface area contributed by atoms with Gasteiger partial charge in [-0.1, -0.05) is 47.5 Å². The van der Waals surface area contributed by atoms with Crippen LogP contribution in [0.4, 0.5) is 5.69 Å². The van der Waals surface area contributed by atoms with Crippen molar-refractivity contribution in [1.29, 1.82) is 0 Å². The van der Waals surface area contributed by atoms with Crippen LogP contribution < -0.4 is 10.1 Å². The highest BCUT2D eigenvalue weighted by molar-refractivity contribution is 9.11. The van der Waals surface area contributed by atoms with Crippen molar-refractivity contribution >= 4 is 78.1 Å². The summed E-state index contributed by atoms with van der Waals surface area (Å²) in [6.45, 7) is 4.41. The number of amidine groups is 1. The van der Waals surface area contributed by atoms with Gasteiger partial charge in [0.1, 0.15) is 12.4 Å². The highest BCUT2D eigenvalue weighted by Crippen LogP contribution is 2.37. The molecule has 0 saturated carbocycles. The molecule has 1 aliphatic heterocycles. The molecule has 168 valence electrons. The Morgan fingerprint density at radius 2 is 1.79 bits per heavy atom. The number of hydrogen-bond donors (Lipinski definition) is 1. The molecule has 1 aliphatic rings. The van der Waals surface area contributed by atoms with Crippen LogP contribution in [0, 0.1) is 13.8 Å². The number of halogens is 3. The third kappa shape index (κ3) is 5.90. The van der Waals surface area contributed by atoms with Gasteiger partial charge in [-0.2, -0.15) is 0 Å². The maximum Gasteiger partial charge on any atom is 0.264 e. The SMILES string of the molecule is Cc1ccc(COc2c(Br)cc(/C=C3/SC(=Nc4cccc(Cl)c4C)NC3=O)cc2Br)cc1. The quantitative estimate of drug-likeness (QED) is 0.300. The number of thioether (sulfide) groups is 1. The highest BCUT2D eigenvalue weighted by atomic mass is 79.9. The molecule has 0 spiro atoms. The number of carbonyl (C=O) groups is 1. The predicted molar refractivity (Wildman–Crippen MR) is 144 cm³/mol. The Labute approximate surface area is 218 Å². The molecule has 1 saturated heterocycles. The molecule has 0 bridgehead atoms. The van der Waals surface area contributed by atoms with E-state index >= 15 is 0 Å². The third-order valence-corrected chi connectivity index (χ3v) is 7.43. The average molecular weight is 607 g/mol. The van der Waals surface area contributed by atoms with Crippen LogP contribution >= 0.6 is 55.2 Å². The molecule has 4 rings (SSSR count). The lowest BCUT2D eigenvalue weighted by Crippen LogP contribution is -2.19. The Kier molecular flexibility index (Phi) is 7.64. The van der Waals surface area contributed by atoms with Crippen LogP contribution in [0.25, 0.3) is 6.08 Å². The van der Waals surface area contributed by atoms with Gasteiger partial charge >= 0.3 is 0 Å². The number of rotatable bonds is 5. The van der Waals surface area contributed by atoms with Crippen LogP contribution in [-0.2, 0) is 11.4 Å². The molecule has 1 heterocycles. The van der Waals surface area contributed by atoms with Crippen LogP contribution in [-0.4, -0.2) is 11.1 Å². The van der Waals surface area contributed by atoms with E-state index < -0.39 is 0 Å². The van der Waals surface area contributed by atoms with E-state index in [1.807, 2.05) is 43.3 Å². The summed E-state index contributed by atoms with van der Waals surface area (Å²) in [6, 6.07) is 17.6. The lowest BCUT2D eigenvalue weighted by molar-refractivity contribution is -0.115. The first-order valence-electron chi connectivity index (χ1n) is 10.0. The number of carbonyl (C=O) groups excluding carboxylic acids is 1. The van der Waals surface area contributed by atoms with Crippen LogP contribution in [0.3, 0.4) is 0 Å². The normalized spacial score (nSPS) is 15.8. The molecule has 3 aromatic carbocycles. The second kappa shape index (κ2) is 10.5. The first kappa shape index (κ1) is 24.1. The maximum absolute atomic E-state index is 12.5. The van der Waals surface area contributed by atoms with E-state index in [9.17, 15) is 4.79 Å². The van der Waals surface area contributed by atoms with Gasteiger partial charge in [0.2, 0.25) is 0 Å². The summed E-state index contributed by atoms with van der Waals surface area (Å²) in [7, 11) is 0. The highest BCUT2D eigenvalue weighted by Gasteiger charge is 2.24. The summed E-state index contributed by atoms with van der Waals surface area (Å²) < 4.78 is 7.60. The minimum absolute atomic E-state index is 0.189. The van der Waals surface area contributed by atoms with Gasteiger partial charge < -0.3 is 10.1 Å². The van der Waals surface area contributed by atoms with Gasteiger partial charge in [0.05, 0.1) is 19.5 Å². The fraction of sp³-hybridized carbons (Fsp3) is 0.120. The third-order valence-electron chi connectivity index (χ3n) is 4.93. The number of amides is 1. The number of ether oxygens (including phenoxy) is 1. The fourth-order valence-corrected chi connectivity index (χ4v) is 5.55. The number of aliphatic imine (C=N–C) groups is 1. The Hall–Kier alpha value is -2.06. The molecule has 0 radical (unpaired) electrons. The molecule has 1 amide bonds. The van der Waals surface area contributed by atoms with E-state index in [0.717, 1.165) is 31.3 Å². The molecule has 0 aliphatic carbocycles. The Bertz CT molecular complexity index is 1270. The molecule has 8 heteroatoms. The second-order valence-corrected chi connectivity index (χ2v) is 10.6. The van der Waals surface area contributed by atoms with Crippen molar-refractivity contribution in [3.8, 4) is 5.75 Å². The van der Waals surface area contributed by atoms with Gasteiger partial charge in [-0.15, -0.1) is 0 Å². The van der Waals surface area contributed by atoms with Crippen LogP contribution in [0.2, 0.25) is 5.02 Å². The molecule has 1 N–H and O–H groups in total.